The number of piperidine rings is 1. The Bertz CT molecular complexity index is 721. The molecule has 0 aliphatic carbocycles. The fourth-order valence-electron chi connectivity index (χ4n) is 3.86. The zero-order valence-electron chi connectivity index (χ0n) is 17.8. The second-order valence-electron chi connectivity index (χ2n) is 7.27. The number of nitrogens with zero attached hydrogens (tertiary/aromatic N) is 2. The number of carbonyl (C=O) groups is 3. The first-order chi connectivity index (χ1) is 13.9. The maximum Gasteiger partial charge on any atom is 0.325 e. The molecule has 2 amide bonds. The van der Waals surface area contributed by atoms with E-state index in [-0.39, 0.29) is 25.0 Å². The third-order valence-electron chi connectivity index (χ3n) is 5.28. The van der Waals surface area contributed by atoms with Crippen LogP contribution in [0, 0.1) is 5.92 Å². The molecule has 0 bridgehead atoms. The van der Waals surface area contributed by atoms with Crippen molar-refractivity contribution in [2.45, 2.75) is 45.6 Å². The average molecular weight is 405 g/mol. The van der Waals surface area contributed by atoms with Crippen LogP contribution in [0.25, 0.3) is 0 Å². The molecule has 0 aromatic heterocycles. The molecule has 0 radical (unpaired) electrons. The maximum atomic E-state index is 13.3. The minimum atomic E-state index is -0.444. The Labute approximate surface area is 172 Å². The van der Waals surface area contributed by atoms with Gasteiger partial charge in [0.25, 0.3) is 0 Å². The van der Waals surface area contributed by atoms with Crippen LogP contribution in [0.15, 0.2) is 24.3 Å². The van der Waals surface area contributed by atoms with Crippen LogP contribution in [-0.2, 0) is 19.1 Å². The molecule has 0 N–H and O–H groups in total. The number of hydrogen-bond acceptors (Lipinski definition) is 5. The molecule has 0 spiro atoms. The lowest BCUT2D eigenvalue weighted by Crippen LogP contribution is -2.49. The Morgan fingerprint density at radius 2 is 1.97 bits per heavy atom. The normalized spacial score (nSPS) is 19.0. The molecule has 1 aromatic carbocycles. The van der Waals surface area contributed by atoms with Gasteiger partial charge in [-0.3, -0.25) is 14.4 Å². The highest BCUT2D eigenvalue weighted by atomic mass is 16.5. The lowest BCUT2D eigenvalue weighted by Gasteiger charge is -2.42. The number of unbranched alkanes of at least 4 members (excludes halogenated alkanes) is 1. The van der Waals surface area contributed by atoms with Gasteiger partial charge in [-0.15, -0.1) is 0 Å². The monoisotopic (exact) mass is 404 g/mol. The summed E-state index contributed by atoms with van der Waals surface area (Å²) in [6.07, 6.45) is 2.57. The van der Waals surface area contributed by atoms with Crippen molar-refractivity contribution in [3.8, 4) is 5.75 Å². The molecule has 2 rings (SSSR count). The predicted octanol–water partition coefficient (Wildman–Crippen LogP) is 2.80. The van der Waals surface area contributed by atoms with E-state index < -0.39 is 17.9 Å². The second kappa shape index (κ2) is 10.8. The summed E-state index contributed by atoms with van der Waals surface area (Å²) < 4.78 is 10.5. The number of benzene rings is 1. The molecule has 0 saturated carbocycles. The van der Waals surface area contributed by atoms with Gasteiger partial charge in [-0.25, -0.2) is 0 Å². The number of likely N-dealkylation sites (tertiary alicyclic amines) is 1. The number of rotatable bonds is 9. The van der Waals surface area contributed by atoms with E-state index in [2.05, 4.69) is 6.92 Å². The van der Waals surface area contributed by atoms with E-state index in [1.807, 2.05) is 29.2 Å². The molecule has 1 fully saturated rings. The van der Waals surface area contributed by atoms with Gasteiger partial charge in [0.2, 0.25) is 11.8 Å². The molecule has 1 saturated heterocycles. The highest BCUT2D eigenvalue weighted by Crippen LogP contribution is 2.41. The van der Waals surface area contributed by atoms with Gasteiger partial charge < -0.3 is 19.3 Å². The van der Waals surface area contributed by atoms with Crippen LogP contribution in [0.5, 0.6) is 5.75 Å². The second-order valence-corrected chi connectivity index (χ2v) is 7.27. The average Bonchev–Trinajstić information content (AvgIpc) is 2.72. The highest BCUT2D eigenvalue weighted by Gasteiger charge is 2.42. The standard InChI is InChI=1S/C22H32N2O5/c1-5-7-14-24-19(25)13-12-17(22(27)23(3)15-20(26)29-6-2)21(24)16-10-8-9-11-18(16)28-4/h8-11,17,21H,5-7,12-15H2,1-4H3. The van der Waals surface area contributed by atoms with E-state index in [0.29, 0.717) is 25.1 Å². The number of likely N-dealkylation sites (N-methyl/N-ethyl adjacent to an activating group) is 1. The zero-order valence-corrected chi connectivity index (χ0v) is 17.8. The summed E-state index contributed by atoms with van der Waals surface area (Å²) >= 11 is 0. The Balaban J connectivity index is 2.38. The van der Waals surface area contributed by atoms with E-state index >= 15 is 0 Å². The Kier molecular flexibility index (Phi) is 8.49. The van der Waals surface area contributed by atoms with Gasteiger partial charge in [0.15, 0.2) is 0 Å². The zero-order chi connectivity index (χ0) is 21.4. The van der Waals surface area contributed by atoms with E-state index in [1.54, 1.807) is 21.1 Å². The lowest BCUT2D eigenvalue weighted by molar-refractivity contribution is -0.153. The highest BCUT2D eigenvalue weighted by molar-refractivity contribution is 5.87. The Hall–Kier alpha value is -2.57. The van der Waals surface area contributed by atoms with E-state index in [4.69, 9.17) is 9.47 Å². The first-order valence-corrected chi connectivity index (χ1v) is 10.3. The number of esters is 1. The fraction of sp³-hybridized carbons (Fsp3) is 0.591. The predicted molar refractivity (Wildman–Crippen MR) is 109 cm³/mol. The molecule has 1 heterocycles. The van der Waals surface area contributed by atoms with Gasteiger partial charge >= 0.3 is 5.97 Å². The van der Waals surface area contributed by atoms with Crippen LogP contribution in [0.4, 0.5) is 0 Å². The van der Waals surface area contributed by atoms with Gasteiger partial charge in [-0.2, -0.15) is 0 Å². The quantitative estimate of drug-likeness (QED) is 0.592. The summed E-state index contributed by atoms with van der Waals surface area (Å²) in [6.45, 7) is 4.56. The number of amides is 2. The molecule has 7 heteroatoms. The smallest absolute Gasteiger partial charge is 0.325 e. The summed E-state index contributed by atoms with van der Waals surface area (Å²) in [5, 5.41) is 0. The minimum Gasteiger partial charge on any atom is -0.496 e. The van der Waals surface area contributed by atoms with Crippen molar-refractivity contribution in [1.82, 2.24) is 9.80 Å². The first kappa shape index (κ1) is 22.7. The molecule has 2 unspecified atom stereocenters. The van der Waals surface area contributed by atoms with Crippen molar-refractivity contribution in [3.63, 3.8) is 0 Å². The largest absolute Gasteiger partial charge is 0.496 e. The third-order valence-corrected chi connectivity index (χ3v) is 5.28. The van der Waals surface area contributed by atoms with Crippen LogP contribution in [0.3, 0.4) is 0 Å². The topological polar surface area (TPSA) is 76.2 Å². The maximum absolute atomic E-state index is 13.3. The number of para-hydroxylation sites is 1. The number of methoxy groups -OCH3 is 1. The summed E-state index contributed by atoms with van der Waals surface area (Å²) in [5.74, 6) is -0.346. The van der Waals surface area contributed by atoms with Crippen molar-refractivity contribution >= 4 is 17.8 Å². The van der Waals surface area contributed by atoms with E-state index in [9.17, 15) is 14.4 Å². The van der Waals surface area contributed by atoms with Crippen LogP contribution in [-0.4, -0.2) is 61.4 Å². The van der Waals surface area contributed by atoms with Crippen molar-refractivity contribution in [3.05, 3.63) is 29.8 Å². The van der Waals surface area contributed by atoms with Crippen LogP contribution in [0.1, 0.15) is 51.1 Å². The van der Waals surface area contributed by atoms with Gasteiger partial charge in [0.05, 0.1) is 25.7 Å². The summed E-state index contributed by atoms with van der Waals surface area (Å²) in [7, 11) is 3.19. The minimum absolute atomic E-state index is 0.0476. The molecule has 1 aliphatic heterocycles. The lowest BCUT2D eigenvalue weighted by atomic mass is 9.82. The van der Waals surface area contributed by atoms with Gasteiger partial charge in [-0.1, -0.05) is 31.5 Å². The molecule has 7 nitrogen and oxygen atoms in total. The van der Waals surface area contributed by atoms with Crippen LogP contribution < -0.4 is 4.74 Å². The molecule has 29 heavy (non-hydrogen) atoms. The number of ether oxygens (including phenoxy) is 2. The van der Waals surface area contributed by atoms with E-state index in [0.717, 1.165) is 18.4 Å². The van der Waals surface area contributed by atoms with Crippen LogP contribution in [0.2, 0.25) is 0 Å². The number of carbonyl (C=O) groups excluding carboxylic acids is 3. The van der Waals surface area contributed by atoms with Gasteiger partial charge in [-0.05, 0) is 25.8 Å². The Morgan fingerprint density at radius 3 is 2.62 bits per heavy atom. The summed E-state index contributed by atoms with van der Waals surface area (Å²) in [6, 6.07) is 7.09. The van der Waals surface area contributed by atoms with E-state index in [1.165, 1.54) is 4.90 Å². The molecule has 1 aromatic rings. The Morgan fingerprint density at radius 1 is 1.24 bits per heavy atom. The summed E-state index contributed by atoms with van der Waals surface area (Å²) in [5.41, 5.74) is 0.821. The van der Waals surface area contributed by atoms with Gasteiger partial charge in [0.1, 0.15) is 12.3 Å². The summed E-state index contributed by atoms with van der Waals surface area (Å²) in [4.78, 5) is 41.1. The molecule has 160 valence electrons. The molecular formula is C22H32N2O5. The SMILES string of the molecule is CCCCN1C(=O)CCC(C(=O)N(C)CC(=O)OCC)C1c1ccccc1OC. The molecule has 2 atom stereocenters. The van der Waals surface area contributed by atoms with Crippen molar-refractivity contribution in [2.24, 2.45) is 5.92 Å². The van der Waals surface area contributed by atoms with Crippen LogP contribution >= 0.6 is 0 Å². The molecular weight excluding hydrogens is 372 g/mol. The van der Waals surface area contributed by atoms with Crippen molar-refractivity contribution < 1.29 is 23.9 Å². The third kappa shape index (κ3) is 5.49. The first-order valence-electron chi connectivity index (χ1n) is 10.3. The fourth-order valence-corrected chi connectivity index (χ4v) is 3.86. The number of hydrogen-bond donors (Lipinski definition) is 0. The van der Waals surface area contributed by atoms with Crippen molar-refractivity contribution in [2.75, 3.05) is 33.9 Å². The van der Waals surface area contributed by atoms with Gasteiger partial charge in [0, 0.05) is 25.6 Å². The molecule has 1 aliphatic rings. The van der Waals surface area contributed by atoms with Crippen molar-refractivity contribution in [1.29, 1.82) is 0 Å².